The van der Waals surface area contributed by atoms with Crippen molar-refractivity contribution in [2.24, 2.45) is 0 Å². The zero-order valence-electron chi connectivity index (χ0n) is 9.10. The Labute approximate surface area is 93.7 Å². The van der Waals surface area contributed by atoms with Gasteiger partial charge in [-0.15, -0.1) is 0 Å². The first kappa shape index (κ1) is 10.5. The van der Waals surface area contributed by atoms with E-state index in [-0.39, 0.29) is 5.78 Å². The van der Waals surface area contributed by atoms with Crippen LogP contribution in [0, 0.1) is 0 Å². The first-order valence-corrected chi connectivity index (χ1v) is 5.30. The molecule has 1 aromatic carbocycles. The Morgan fingerprint density at radius 2 is 2.06 bits per heavy atom. The molecule has 2 aromatic rings. The lowest BCUT2D eigenvalue weighted by atomic mass is 10.0. The predicted octanol–water partition coefficient (Wildman–Crippen LogP) is 2.45. The fraction of sp³-hybridized carbons (Fsp3) is 0.250. The number of carbonyl (C=O) groups is 1. The van der Waals surface area contributed by atoms with Crippen LogP contribution in [0.4, 0.5) is 0 Å². The molecule has 0 aliphatic heterocycles. The maximum Gasteiger partial charge on any atom is 0.162 e. The van der Waals surface area contributed by atoms with Crippen LogP contribution >= 0.6 is 0 Å². The largest absolute Gasteiger partial charge is 0.294 e. The van der Waals surface area contributed by atoms with Gasteiger partial charge in [0.2, 0.25) is 0 Å². The molecule has 0 amide bonds. The highest BCUT2D eigenvalue weighted by atomic mass is 16.1. The molecule has 2 rings (SSSR count). The summed E-state index contributed by atoms with van der Waals surface area (Å²) >= 11 is 0. The SMILES string of the molecule is CCCC(=O)c1ccc(-c2cn[nH]n2)cc1. The van der Waals surface area contributed by atoms with Crippen LogP contribution in [0.1, 0.15) is 30.1 Å². The first-order valence-electron chi connectivity index (χ1n) is 5.30. The van der Waals surface area contributed by atoms with E-state index >= 15 is 0 Å². The van der Waals surface area contributed by atoms with Crippen LogP contribution in [0.5, 0.6) is 0 Å². The third-order valence-corrected chi connectivity index (χ3v) is 2.39. The van der Waals surface area contributed by atoms with Crippen molar-refractivity contribution in [3.05, 3.63) is 36.0 Å². The summed E-state index contributed by atoms with van der Waals surface area (Å²) in [5.41, 5.74) is 2.50. The lowest BCUT2D eigenvalue weighted by Gasteiger charge is -2.00. The number of carbonyl (C=O) groups excluding carboxylic acids is 1. The summed E-state index contributed by atoms with van der Waals surface area (Å²) in [6.07, 6.45) is 3.13. The number of rotatable bonds is 4. The summed E-state index contributed by atoms with van der Waals surface area (Å²) < 4.78 is 0. The maximum atomic E-state index is 11.6. The Balaban J connectivity index is 2.20. The van der Waals surface area contributed by atoms with Gasteiger partial charge < -0.3 is 0 Å². The van der Waals surface area contributed by atoms with Gasteiger partial charge in [-0.25, -0.2) is 0 Å². The Morgan fingerprint density at radius 3 is 2.62 bits per heavy atom. The van der Waals surface area contributed by atoms with E-state index in [4.69, 9.17) is 0 Å². The van der Waals surface area contributed by atoms with E-state index in [0.717, 1.165) is 23.2 Å². The normalized spacial score (nSPS) is 10.3. The van der Waals surface area contributed by atoms with Crippen molar-refractivity contribution in [2.75, 3.05) is 0 Å². The Morgan fingerprint density at radius 1 is 1.31 bits per heavy atom. The molecule has 0 bridgehead atoms. The zero-order valence-corrected chi connectivity index (χ0v) is 9.10. The summed E-state index contributed by atoms with van der Waals surface area (Å²) in [6.45, 7) is 2.00. The molecular formula is C12H13N3O. The minimum atomic E-state index is 0.189. The molecule has 1 heterocycles. The van der Waals surface area contributed by atoms with E-state index in [1.165, 1.54) is 0 Å². The van der Waals surface area contributed by atoms with Gasteiger partial charge >= 0.3 is 0 Å². The molecule has 0 aliphatic carbocycles. The minimum Gasteiger partial charge on any atom is -0.294 e. The summed E-state index contributed by atoms with van der Waals surface area (Å²) in [5.74, 6) is 0.189. The van der Waals surface area contributed by atoms with Gasteiger partial charge in [0.05, 0.1) is 6.20 Å². The van der Waals surface area contributed by atoms with Gasteiger partial charge in [-0.2, -0.15) is 15.4 Å². The van der Waals surface area contributed by atoms with Gasteiger partial charge in [0.1, 0.15) is 5.69 Å². The number of aromatic amines is 1. The van der Waals surface area contributed by atoms with E-state index in [2.05, 4.69) is 15.4 Å². The lowest BCUT2D eigenvalue weighted by molar-refractivity contribution is 0.0982. The van der Waals surface area contributed by atoms with Gasteiger partial charge in [-0.05, 0) is 6.42 Å². The van der Waals surface area contributed by atoms with Gasteiger partial charge in [0.25, 0.3) is 0 Å². The van der Waals surface area contributed by atoms with Crippen LogP contribution in [-0.4, -0.2) is 21.2 Å². The van der Waals surface area contributed by atoms with Crippen molar-refractivity contribution < 1.29 is 4.79 Å². The highest BCUT2D eigenvalue weighted by molar-refractivity contribution is 5.96. The van der Waals surface area contributed by atoms with Crippen LogP contribution in [-0.2, 0) is 0 Å². The molecule has 0 atom stereocenters. The molecule has 0 aliphatic rings. The monoisotopic (exact) mass is 215 g/mol. The second-order valence-electron chi connectivity index (χ2n) is 3.61. The first-order chi connectivity index (χ1) is 7.81. The molecule has 1 N–H and O–H groups in total. The molecule has 0 unspecified atom stereocenters. The van der Waals surface area contributed by atoms with Crippen LogP contribution in [0.2, 0.25) is 0 Å². The van der Waals surface area contributed by atoms with E-state index in [1.807, 2.05) is 31.2 Å². The van der Waals surface area contributed by atoms with Crippen molar-refractivity contribution in [3.63, 3.8) is 0 Å². The Hall–Kier alpha value is -1.97. The molecule has 0 spiro atoms. The Kier molecular flexibility index (Phi) is 3.10. The number of Topliss-reactive ketones (excluding diaryl/α,β-unsaturated/α-hetero) is 1. The molecule has 16 heavy (non-hydrogen) atoms. The van der Waals surface area contributed by atoms with Crippen LogP contribution in [0.25, 0.3) is 11.3 Å². The highest BCUT2D eigenvalue weighted by Crippen LogP contribution is 2.16. The second-order valence-corrected chi connectivity index (χ2v) is 3.61. The number of hydrogen-bond donors (Lipinski definition) is 1. The van der Waals surface area contributed by atoms with Crippen molar-refractivity contribution in [1.82, 2.24) is 15.4 Å². The van der Waals surface area contributed by atoms with Crippen LogP contribution < -0.4 is 0 Å². The molecule has 82 valence electrons. The fourth-order valence-electron chi connectivity index (χ4n) is 1.54. The van der Waals surface area contributed by atoms with Gasteiger partial charge in [-0.1, -0.05) is 31.2 Å². The van der Waals surface area contributed by atoms with Crippen molar-refractivity contribution in [3.8, 4) is 11.3 Å². The summed E-state index contributed by atoms with van der Waals surface area (Å²) in [5, 5.41) is 10.3. The number of nitrogens with one attached hydrogen (secondary N) is 1. The van der Waals surface area contributed by atoms with E-state index in [1.54, 1.807) is 6.20 Å². The average Bonchev–Trinajstić information content (AvgIpc) is 2.83. The van der Waals surface area contributed by atoms with Crippen LogP contribution in [0.3, 0.4) is 0 Å². The molecular weight excluding hydrogens is 202 g/mol. The molecule has 0 fully saturated rings. The molecule has 1 aromatic heterocycles. The number of benzene rings is 1. The number of ketones is 1. The number of aromatic nitrogens is 3. The molecule has 4 heteroatoms. The smallest absolute Gasteiger partial charge is 0.162 e. The quantitative estimate of drug-likeness (QED) is 0.797. The van der Waals surface area contributed by atoms with Gasteiger partial charge in [0, 0.05) is 17.5 Å². The molecule has 0 radical (unpaired) electrons. The topological polar surface area (TPSA) is 58.6 Å². The van der Waals surface area contributed by atoms with Crippen LogP contribution in [0.15, 0.2) is 30.5 Å². The Bertz CT molecular complexity index is 460. The standard InChI is InChI=1S/C12H13N3O/c1-2-3-12(16)10-6-4-9(5-7-10)11-8-13-15-14-11/h4-8H,2-3H2,1H3,(H,13,14,15). The molecule has 4 nitrogen and oxygen atoms in total. The zero-order chi connectivity index (χ0) is 11.4. The van der Waals surface area contributed by atoms with E-state index < -0.39 is 0 Å². The second kappa shape index (κ2) is 4.70. The van der Waals surface area contributed by atoms with Crippen molar-refractivity contribution in [2.45, 2.75) is 19.8 Å². The number of nitrogens with zero attached hydrogens (tertiary/aromatic N) is 2. The summed E-state index contributed by atoms with van der Waals surface area (Å²) in [6, 6.07) is 7.45. The minimum absolute atomic E-state index is 0.189. The third kappa shape index (κ3) is 2.16. The van der Waals surface area contributed by atoms with Gasteiger partial charge in [0.15, 0.2) is 5.78 Å². The summed E-state index contributed by atoms with van der Waals surface area (Å²) in [7, 11) is 0. The predicted molar refractivity (Wildman–Crippen MR) is 61.1 cm³/mol. The lowest BCUT2D eigenvalue weighted by Crippen LogP contribution is -1.97. The molecule has 0 saturated heterocycles. The number of hydrogen-bond acceptors (Lipinski definition) is 3. The van der Waals surface area contributed by atoms with Gasteiger partial charge in [-0.3, -0.25) is 4.79 Å². The highest BCUT2D eigenvalue weighted by Gasteiger charge is 2.05. The molecule has 0 saturated carbocycles. The van der Waals surface area contributed by atoms with Crippen molar-refractivity contribution >= 4 is 5.78 Å². The van der Waals surface area contributed by atoms with E-state index in [0.29, 0.717) is 6.42 Å². The average molecular weight is 215 g/mol. The maximum absolute atomic E-state index is 11.6. The number of H-pyrrole nitrogens is 1. The fourth-order valence-corrected chi connectivity index (χ4v) is 1.54. The van der Waals surface area contributed by atoms with E-state index in [9.17, 15) is 4.79 Å². The third-order valence-electron chi connectivity index (χ3n) is 2.39. The van der Waals surface area contributed by atoms with Crippen molar-refractivity contribution in [1.29, 1.82) is 0 Å². The summed E-state index contributed by atoms with van der Waals surface area (Å²) in [4.78, 5) is 11.6.